The van der Waals surface area contributed by atoms with Crippen LogP contribution in [0.25, 0.3) is 0 Å². The van der Waals surface area contributed by atoms with Crippen LogP contribution >= 0.6 is 12.4 Å². The molecule has 2 aliphatic rings. The number of carbonyl (C=O) groups is 1. The van der Waals surface area contributed by atoms with Crippen molar-refractivity contribution in [3.63, 3.8) is 0 Å². The van der Waals surface area contributed by atoms with Crippen molar-refractivity contribution in [1.29, 1.82) is 0 Å². The number of amides is 1. The number of aliphatic hydroxyl groups is 1. The molecule has 8 heteroatoms. The summed E-state index contributed by atoms with van der Waals surface area (Å²) in [6.45, 7) is 1.03. The van der Waals surface area contributed by atoms with E-state index in [0.717, 1.165) is 17.7 Å². The van der Waals surface area contributed by atoms with Gasteiger partial charge in [0, 0.05) is 18.5 Å². The summed E-state index contributed by atoms with van der Waals surface area (Å²) < 4.78 is 38.3. The SMILES string of the molecule is CC1(N)CCCCC1C(=O)N1CCC(O)(C(F)(F)F)C1.Cl. The van der Waals surface area contributed by atoms with Gasteiger partial charge in [0.2, 0.25) is 5.91 Å². The Kier molecular flexibility index (Phi) is 5.23. The molecule has 0 bridgehead atoms. The van der Waals surface area contributed by atoms with Crippen LogP contribution in [-0.4, -0.2) is 46.3 Å². The first-order valence-electron chi connectivity index (χ1n) is 6.94. The van der Waals surface area contributed by atoms with Crippen molar-refractivity contribution in [1.82, 2.24) is 4.90 Å². The van der Waals surface area contributed by atoms with E-state index in [9.17, 15) is 23.1 Å². The van der Waals surface area contributed by atoms with Crippen LogP contribution in [0.1, 0.15) is 39.0 Å². The first-order chi connectivity index (χ1) is 9.07. The molecule has 0 spiro atoms. The molecular weight excluding hydrogens is 309 g/mol. The molecule has 2 rings (SSSR count). The Labute approximate surface area is 128 Å². The normalized spacial score (nSPS) is 37.2. The highest BCUT2D eigenvalue weighted by Crippen LogP contribution is 2.40. The summed E-state index contributed by atoms with van der Waals surface area (Å²) >= 11 is 0. The second-order valence-corrected chi connectivity index (χ2v) is 6.34. The Morgan fingerprint density at radius 2 is 1.95 bits per heavy atom. The van der Waals surface area contributed by atoms with Crippen LogP contribution in [0.3, 0.4) is 0 Å². The van der Waals surface area contributed by atoms with Crippen LogP contribution in [0.2, 0.25) is 0 Å². The number of nitrogens with two attached hydrogens (primary N) is 1. The van der Waals surface area contributed by atoms with Gasteiger partial charge in [-0.3, -0.25) is 4.79 Å². The average molecular weight is 331 g/mol. The molecule has 1 heterocycles. The summed E-state index contributed by atoms with van der Waals surface area (Å²) in [7, 11) is 0. The molecule has 1 aliphatic carbocycles. The van der Waals surface area contributed by atoms with Crippen LogP contribution in [0, 0.1) is 5.92 Å². The minimum atomic E-state index is -4.71. The van der Waals surface area contributed by atoms with Gasteiger partial charge in [-0.25, -0.2) is 0 Å². The molecule has 1 saturated heterocycles. The lowest BCUT2D eigenvalue weighted by molar-refractivity contribution is -0.253. The first-order valence-corrected chi connectivity index (χ1v) is 6.94. The molecule has 1 amide bonds. The zero-order chi connectivity index (χ0) is 15.2. The second-order valence-electron chi connectivity index (χ2n) is 6.34. The number of hydrogen-bond donors (Lipinski definition) is 2. The van der Waals surface area contributed by atoms with Gasteiger partial charge in [-0.05, 0) is 19.8 Å². The van der Waals surface area contributed by atoms with E-state index in [0.29, 0.717) is 12.8 Å². The first kappa shape index (κ1) is 18.5. The maximum atomic E-state index is 12.8. The van der Waals surface area contributed by atoms with Gasteiger partial charge in [-0.1, -0.05) is 12.8 Å². The van der Waals surface area contributed by atoms with Gasteiger partial charge in [0.25, 0.3) is 0 Å². The predicted octanol–water partition coefficient (Wildman–Crippen LogP) is 1.84. The van der Waals surface area contributed by atoms with Gasteiger partial charge < -0.3 is 15.7 Å². The van der Waals surface area contributed by atoms with Crippen molar-refractivity contribution < 1.29 is 23.1 Å². The van der Waals surface area contributed by atoms with E-state index in [4.69, 9.17) is 5.73 Å². The van der Waals surface area contributed by atoms with Crippen molar-refractivity contribution in [3.05, 3.63) is 0 Å². The maximum Gasteiger partial charge on any atom is 0.419 e. The van der Waals surface area contributed by atoms with E-state index in [-0.39, 0.29) is 24.9 Å². The summed E-state index contributed by atoms with van der Waals surface area (Å²) in [6, 6.07) is 0. The Balaban J connectivity index is 0.00000220. The lowest BCUT2D eigenvalue weighted by atomic mass is 9.74. The highest BCUT2D eigenvalue weighted by Gasteiger charge is 2.58. The van der Waals surface area contributed by atoms with Gasteiger partial charge in [0.15, 0.2) is 5.60 Å². The minimum absolute atomic E-state index is 0. The van der Waals surface area contributed by atoms with E-state index >= 15 is 0 Å². The molecule has 0 aromatic rings. The fraction of sp³-hybridized carbons (Fsp3) is 0.923. The number of alkyl halides is 3. The summed E-state index contributed by atoms with van der Waals surface area (Å²) in [5.41, 5.74) is 2.66. The fourth-order valence-electron chi connectivity index (χ4n) is 3.20. The molecule has 21 heavy (non-hydrogen) atoms. The number of halogens is 4. The summed E-state index contributed by atoms with van der Waals surface area (Å²) in [6.07, 6.45) is -2.08. The van der Waals surface area contributed by atoms with Crippen LogP contribution in [0.15, 0.2) is 0 Å². The van der Waals surface area contributed by atoms with Crippen molar-refractivity contribution >= 4 is 18.3 Å². The molecule has 4 nitrogen and oxygen atoms in total. The van der Waals surface area contributed by atoms with E-state index in [1.165, 1.54) is 0 Å². The molecule has 3 unspecified atom stereocenters. The molecule has 0 aromatic carbocycles. The van der Waals surface area contributed by atoms with E-state index in [1.54, 1.807) is 6.92 Å². The Bertz CT molecular complexity index is 403. The smallest absolute Gasteiger partial charge is 0.379 e. The largest absolute Gasteiger partial charge is 0.419 e. The summed E-state index contributed by atoms with van der Waals surface area (Å²) in [5, 5.41) is 9.63. The van der Waals surface area contributed by atoms with Crippen LogP contribution in [-0.2, 0) is 4.79 Å². The Hall–Kier alpha value is -0.530. The van der Waals surface area contributed by atoms with Crippen molar-refractivity contribution in [2.45, 2.75) is 56.3 Å². The number of carbonyl (C=O) groups excluding carboxylic acids is 1. The standard InChI is InChI=1S/C13H21F3N2O2.ClH/c1-11(17)5-3-2-4-9(11)10(19)18-7-6-12(20,8-18)13(14,15)16;/h9,20H,2-8,17H2,1H3;1H. The molecule has 0 aromatic heterocycles. The van der Waals surface area contributed by atoms with Gasteiger partial charge >= 0.3 is 6.18 Å². The Morgan fingerprint density at radius 1 is 1.33 bits per heavy atom. The lowest BCUT2D eigenvalue weighted by Crippen LogP contribution is -2.54. The fourth-order valence-corrected chi connectivity index (χ4v) is 3.20. The third-order valence-corrected chi connectivity index (χ3v) is 4.64. The number of likely N-dealkylation sites (tertiary alicyclic amines) is 1. The quantitative estimate of drug-likeness (QED) is 0.771. The summed E-state index contributed by atoms with van der Waals surface area (Å²) in [5.74, 6) is -0.804. The molecule has 3 N–H and O–H groups in total. The second kappa shape index (κ2) is 5.93. The van der Waals surface area contributed by atoms with Gasteiger partial charge in [0.05, 0.1) is 12.5 Å². The lowest BCUT2D eigenvalue weighted by Gasteiger charge is -2.39. The van der Waals surface area contributed by atoms with Crippen LogP contribution in [0.4, 0.5) is 13.2 Å². The third-order valence-electron chi connectivity index (χ3n) is 4.64. The maximum absolute atomic E-state index is 12.8. The molecule has 1 aliphatic heterocycles. The van der Waals surface area contributed by atoms with Crippen molar-refractivity contribution in [3.8, 4) is 0 Å². The van der Waals surface area contributed by atoms with E-state index < -0.39 is 36.2 Å². The molecule has 2 fully saturated rings. The van der Waals surface area contributed by atoms with Crippen molar-refractivity contribution in [2.24, 2.45) is 11.7 Å². The zero-order valence-corrected chi connectivity index (χ0v) is 12.8. The Morgan fingerprint density at radius 3 is 2.43 bits per heavy atom. The number of rotatable bonds is 1. The molecular formula is C13H22ClF3N2O2. The molecule has 124 valence electrons. The van der Waals surface area contributed by atoms with E-state index in [1.807, 2.05) is 0 Å². The highest BCUT2D eigenvalue weighted by molar-refractivity contribution is 5.85. The van der Waals surface area contributed by atoms with Gasteiger partial charge in [-0.2, -0.15) is 13.2 Å². The number of β-amino-alcohol motifs (C(OH)–C–C–N with tert-alkyl or cyclic N) is 1. The van der Waals surface area contributed by atoms with Crippen molar-refractivity contribution in [2.75, 3.05) is 13.1 Å². The van der Waals surface area contributed by atoms with Gasteiger partial charge in [-0.15, -0.1) is 12.4 Å². The number of nitrogens with zero attached hydrogens (tertiary/aromatic N) is 1. The van der Waals surface area contributed by atoms with Crippen LogP contribution in [0.5, 0.6) is 0 Å². The number of hydrogen-bond acceptors (Lipinski definition) is 3. The molecule has 3 atom stereocenters. The average Bonchev–Trinajstić information content (AvgIpc) is 2.71. The van der Waals surface area contributed by atoms with Gasteiger partial charge in [0.1, 0.15) is 0 Å². The zero-order valence-electron chi connectivity index (χ0n) is 11.9. The minimum Gasteiger partial charge on any atom is -0.379 e. The highest BCUT2D eigenvalue weighted by atomic mass is 35.5. The monoisotopic (exact) mass is 330 g/mol. The topological polar surface area (TPSA) is 66.6 Å². The molecule has 0 radical (unpaired) electrons. The van der Waals surface area contributed by atoms with E-state index in [2.05, 4.69) is 0 Å². The summed E-state index contributed by atoms with van der Waals surface area (Å²) in [4.78, 5) is 13.5. The predicted molar refractivity (Wildman–Crippen MR) is 74.0 cm³/mol. The van der Waals surface area contributed by atoms with Crippen LogP contribution < -0.4 is 5.73 Å². The molecule has 1 saturated carbocycles. The third kappa shape index (κ3) is 3.46.